The summed E-state index contributed by atoms with van der Waals surface area (Å²) in [5.74, 6) is 0.681. The minimum atomic E-state index is -3.54. The molecule has 6 nitrogen and oxygen atoms in total. The van der Waals surface area contributed by atoms with Crippen LogP contribution in [0, 0.1) is 0 Å². The number of hydrogen-bond donors (Lipinski definition) is 0. The summed E-state index contributed by atoms with van der Waals surface area (Å²) in [6, 6.07) is 6.91. The van der Waals surface area contributed by atoms with Crippen LogP contribution >= 0.6 is 0 Å². The molecule has 0 aromatic heterocycles. The molecule has 0 saturated carbocycles. The van der Waals surface area contributed by atoms with Crippen molar-refractivity contribution < 1.29 is 17.9 Å². The molecule has 2 rings (SSSR count). The Kier molecular flexibility index (Phi) is 4.61. The van der Waals surface area contributed by atoms with E-state index in [4.69, 9.17) is 4.74 Å². The molecule has 1 saturated heterocycles. The molecule has 1 fully saturated rings. The smallest absolute Gasteiger partial charge is 0.304 e. The van der Waals surface area contributed by atoms with Gasteiger partial charge in [-0.15, -0.1) is 0 Å². The summed E-state index contributed by atoms with van der Waals surface area (Å²) in [6.07, 6.45) is 1.70. The number of rotatable bonds is 5. The molecule has 0 N–H and O–H groups in total. The summed E-state index contributed by atoms with van der Waals surface area (Å²) in [6.45, 7) is 1.15. The molecular weight excluding hydrogens is 280 g/mol. The highest BCUT2D eigenvalue weighted by atomic mass is 32.2. The summed E-state index contributed by atoms with van der Waals surface area (Å²) in [5, 5.41) is 0. The number of methoxy groups -OCH3 is 1. The molecule has 0 bridgehead atoms. The van der Waals surface area contributed by atoms with Gasteiger partial charge in [0.1, 0.15) is 12.0 Å². The van der Waals surface area contributed by atoms with Crippen LogP contribution in [0.3, 0.4) is 0 Å². The van der Waals surface area contributed by atoms with E-state index >= 15 is 0 Å². The largest absolute Gasteiger partial charge is 0.497 e. The lowest BCUT2D eigenvalue weighted by Crippen LogP contribution is -2.50. The average Bonchev–Trinajstić information content (AvgIpc) is 2.46. The molecule has 7 heteroatoms. The third-order valence-electron chi connectivity index (χ3n) is 3.23. The van der Waals surface area contributed by atoms with Crippen LogP contribution in [0.4, 0.5) is 5.69 Å². The summed E-state index contributed by atoms with van der Waals surface area (Å²) in [5.41, 5.74) is 0.613. The van der Waals surface area contributed by atoms with Gasteiger partial charge in [0.05, 0.1) is 12.8 Å². The number of aldehydes is 1. The Labute approximate surface area is 119 Å². The van der Waals surface area contributed by atoms with Gasteiger partial charge in [-0.1, -0.05) is 0 Å². The zero-order valence-corrected chi connectivity index (χ0v) is 12.2. The van der Waals surface area contributed by atoms with Crippen LogP contribution in [0.2, 0.25) is 0 Å². The number of hydrogen-bond acceptors (Lipinski definition) is 4. The summed E-state index contributed by atoms with van der Waals surface area (Å²) in [4.78, 5) is 10.4. The van der Waals surface area contributed by atoms with Crippen molar-refractivity contribution in [3.63, 3.8) is 0 Å². The van der Waals surface area contributed by atoms with Crippen molar-refractivity contribution in [3.8, 4) is 5.75 Å². The second-order valence-corrected chi connectivity index (χ2v) is 6.34. The van der Waals surface area contributed by atoms with Gasteiger partial charge in [-0.2, -0.15) is 12.7 Å². The van der Waals surface area contributed by atoms with Crippen molar-refractivity contribution in [2.24, 2.45) is 0 Å². The van der Waals surface area contributed by atoms with Gasteiger partial charge in [-0.05, 0) is 30.7 Å². The maximum Gasteiger partial charge on any atom is 0.304 e. The number of carbonyl (C=O) groups is 1. The Morgan fingerprint density at radius 3 is 2.55 bits per heavy atom. The zero-order chi connectivity index (χ0) is 14.6. The van der Waals surface area contributed by atoms with Crippen LogP contribution in [-0.4, -0.2) is 45.8 Å². The maximum absolute atomic E-state index is 12.5. The summed E-state index contributed by atoms with van der Waals surface area (Å²) in [7, 11) is -1.98. The maximum atomic E-state index is 12.5. The Morgan fingerprint density at radius 1 is 1.25 bits per heavy atom. The van der Waals surface area contributed by atoms with Crippen molar-refractivity contribution in [2.45, 2.75) is 12.8 Å². The third-order valence-corrected chi connectivity index (χ3v) is 5.20. The number of nitrogens with zero attached hydrogens (tertiary/aromatic N) is 2. The predicted octanol–water partition coefficient (Wildman–Crippen LogP) is 1.04. The lowest BCUT2D eigenvalue weighted by molar-refractivity contribution is -0.107. The Balaban J connectivity index is 2.23. The molecule has 110 valence electrons. The minimum Gasteiger partial charge on any atom is -0.497 e. The normalized spacial score (nSPS) is 18.8. The molecule has 20 heavy (non-hydrogen) atoms. The fourth-order valence-corrected chi connectivity index (χ4v) is 3.92. The van der Waals surface area contributed by atoms with Crippen LogP contribution < -0.4 is 9.04 Å². The summed E-state index contributed by atoms with van der Waals surface area (Å²) >= 11 is 0. The molecule has 1 aromatic rings. The number of ether oxygens (including phenoxy) is 1. The van der Waals surface area contributed by atoms with Gasteiger partial charge in [0.25, 0.3) is 0 Å². The van der Waals surface area contributed by atoms with E-state index in [0.29, 0.717) is 24.5 Å². The van der Waals surface area contributed by atoms with E-state index in [2.05, 4.69) is 0 Å². The molecule has 0 atom stereocenters. The van der Waals surface area contributed by atoms with Crippen molar-refractivity contribution in [3.05, 3.63) is 24.3 Å². The third kappa shape index (κ3) is 2.94. The molecule has 0 aliphatic carbocycles. The molecule has 1 aliphatic heterocycles. The SMILES string of the molecule is COc1ccc(N2CCCN(CCC=O)S2(=O)=O)cc1. The van der Waals surface area contributed by atoms with E-state index in [1.54, 1.807) is 31.4 Å². The first kappa shape index (κ1) is 14.8. The quantitative estimate of drug-likeness (QED) is 0.762. The van der Waals surface area contributed by atoms with E-state index in [0.717, 1.165) is 12.7 Å². The first-order valence-electron chi connectivity index (χ1n) is 6.45. The standard InChI is InChI=1S/C13H18N2O4S/c1-19-13-6-4-12(5-7-13)15-10-2-8-14(9-3-11-16)20(15,17)18/h4-7,11H,2-3,8-10H2,1H3. The van der Waals surface area contributed by atoms with Gasteiger partial charge in [-0.25, -0.2) is 0 Å². The predicted molar refractivity (Wildman–Crippen MR) is 76.1 cm³/mol. The fourth-order valence-electron chi connectivity index (χ4n) is 2.20. The van der Waals surface area contributed by atoms with Crippen molar-refractivity contribution in [1.82, 2.24) is 4.31 Å². The highest BCUT2D eigenvalue weighted by Gasteiger charge is 2.33. The molecule has 0 unspecified atom stereocenters. The first-order chi connectivity index (χ1) is 9.59. The van der Waals surface area contributed by atoms with Gasteiger partial charge < -0.3 is 9.53 Å². The number of benzene rings is 1. The van der Waals surface area contributed by atoms with Gasteiger partial charge in [0, 0.05) is 26.1 Å². The molecule has 1 heterocycles. The highest BCUT2D eigenvalue weighted by molar-refractivity contribution is 7.90. The Morgan fingerprint density at radius 2 is 1.95 bits per heavy atom. The molecular formula is C13H18N2O4S. The Hall–Kier alpha value is -1.60. The monoisotopic (exact) mass is 298 g/mol. The van der Waals surface area contributed by atoms with Gasteiger partial charge in [-0.3, -0.25) is 4.31 Å². The molecule has 1 aromatic carbocycles. The van der Waals surface area contributed by atoms with E-state index in [9.17, 15) is 13.2 Å². The molecule has 0 amide bonds. The first-order valence-corrected chi connectivity index (χ1v) is 7.85. The second-order valence-electron chi connectivity index (χ2n) is 4.49. The van der Waals surface area contributed by atoms with E-state index in [-0.39, 0.29) is 13.0 Å². The topological polar surface area (TPSA) is 66.9 Å². The van der Waals surface area contributed by atoms with Crippen LogP contribution in [-0.2, 0) is 15.0 Å². The second kappa shape index (κ2) is 6.23. The van der Waals surface area contributed by atoms with Crippen LogP contribution in [0.25, 0.3) is 0 Å². The lowest BCUT2D eigenvalue weighted by atomic mass is 10.3. The van der Waals surface area contributed by atoms with Gasteiger partial charge >= 0.3 is 10.2 Å². The van der Waals surface area contributed by atoms with Crippen molar-refractivity contribution >= 4 is 22.2 Å². The fraction of sp³-hybridized carbons (Fsp3) is 0.462. The van der Waals surface area contributed by atoms with Crippen molar-refractivity contribution in [2.75, 3.05) is 31.0 Å². The number of anilines is 1. The van der Waals surface area contributed by atoms with Gasteiger partial charge in [0.2, 0.25) is 0 Å². The van der Waals surface area contributed by atoms with Crippen LogP contribution in [0.5, 0.6) is 5.75 Å². The van der Waals surface area contributed by atoms with Crippen LogP contribution in [0.1, 0.15) is 12.8 Å². The number of carbonyl (C=O) groups excluding carboxylic acids is 1. The molecule has 0 spiro atoms. The van der Waals surface area contributed by atoms with E-state index in [1.807, 2.05) is 0 Å². The molecule has 1 aliphatic rings. The lowest BCUT2D eigenvalue weighted by Gasteiger charge is -2.35. The van der Waals surface area contributed by atoms with Crippen LogP contribution in [0.15, 0.2) is 24.3 Å². The zero-order valence-electron chi connectivity index (χ0n) is 11.4. The average molecular weight is 298 g/mol. The van der Waals surface area contributed by atoms with Gasteiger partial charge in [0.15, 0.2) is 0 Å². The highest BCUT2D eigenvalue weighted by Crippen LogP contribution is 2.26. The van der Waals surface area contributed by atoms with Crippen molar-refractivity contribution in [1.29, 1.82) is 0 Å². The van der Waals surface area contributed by atoms with E-state index < -0.39 is 10.2 Å². The summed E-state index contributed by atoms with van der Waals surface area (Å²) < 4.78 is 32.8. The molecule has 0 radical (unpaired) electrons. The van der Waals surface area contributed by atoms with E-state index in [1.165, 1.54) is 8.61 Å². The minimum absolute atomic E-state index is 0.218. The Bertz CT molecular complexity index is 556.